The fourth-order valence-corrected chi connectivity index (χ4v) is 2.95. The fraction of sp³-hybridized carbons (Fsp3) is 0.273. The highest BCUT2D eigenvalue weighted by Gasteiger charge is 2.11. The zero-order valence-corrected chi connectivity index (χ0v) is 10.9. The van der Waals surface area contributed by atoms with Crippen LogP contribution in [0.3, 0.4) is 0 Å². The summed E-state index contributed by atoms with van der Waals surface area (Å²) in [4.78, 5) is 11.5. The van der Waals surface area contributed by atoms with E-state index < -0.39 is 0 Å². The molecule has 0 unspecified atom stereocenters. The molecule has 17 heavy (non-hydrogen) atoms. The van der Waals surface area contributed by atoms with Crippen molar-refractivity contribution in [3.8, 4) is 0 Å². The first-order valence-corrected chi connectivity index (χ1v) is 6.91. The van der Waals surface area contributed by atoms with Crippen molar-refractivity contribution >= 4 is 27.7 Å². The van der Waals surface area contributed by atoms with Crippen LogP contribution in [-0.2, 0) is 6.54 Å². The molecule has 0 saturated carbocycles. The van der Waals surface area contributed by atoms with Gasteiger partial charge in [-0.15, -0.1) is 11.3 Å². The fourth-order valence-electron chi connectivity index (χ4n) is 1.46. The molecule has 0 saturated heterocycles. The van der Waals surface area contributed by atoms with Crippen molar-refractivity contribution in [3.63, 3.8) is 0 Å². The van der Waals surface area contributed by atoms with Gasteiger partial charge in [0.05, 0.1) is 4.92 Å². The van der Waals surface area contributed by atoms with Crippen LogP contribution in [0.1, 0.15) is 23.4 Å². The maximum Gasteiger partial charge on any atom is 0.324 e. The number of nitro groups is 1. The summed E-state index contributed by atoms with van der Waals surface area (Å²) in [6.45, 7) is 2.75. The van der Waals surface area contributed by atoms with Crippen molar-refractivity contribution in [2.75, 3.05) is 0 Å². The summed E-state index contributed by atoms with van der Waals surface area (Å²) in [5, 5.41) is 18.0. The van der Waals surface area contributed by atoms with Crippen LogP contribution in [0.4, 0.5) is 5.00 Å². The van der Waals surface area contributed by atoms with Crippen LogP contribution in [0.5, 0.6) is 0 Å². The van der Waals surface area contributed by atoms with Gasteiger partial charge in [-0.25, -0.2) is 0 Å². The van der Waals surface area contributed by atoms with Gasteiger partial charge in [-0.2, -0.15) is 0 Å². The third kappa shape index (κ3) is 3.12. The van der Waals surface area contributed by atoms with Gasteiger partial charge >= 0.3 is 5.00 Å². The molecule has 0 aromatic carbocycles. The molecule has 0 fully saturated rings. The van der Waals surface area contributed by atoms with E-state index in [1.807, 2.05) is 16.8 Å². The van der Waals surface area contributed by atoms with Crippen LogP contribution in [0.15, 0.2) is 29.0 Å². The van der Waals surface area contributed by atoms with Gasteiger partial charge in [0.1, 0.15) is 0 Å². The van der Waals surface area contributed by atoms with Crippen LogP contribution in [0.25, 0.3) is 0 Å². The first kappa shape index (κ1) is 12.2. The van der Waals surface area contributed by atoms with Crippen molar-refractivity contribution in [2.24, 2.45) is 0 Å². The summed E-state index contributed by atoms with van der Waals surface area (Å²) >= 11 is 2.88. The molecule has 1 N–H and O–H groups in total. The van der Waals surface area contributed by atoms with Crippen molar-refractivity contribution in [2.45, 2.75) is 19.5 Å². The van der Waals surface area contributed by atoms with Gasteiger partial charge < -0.3 is 5.32 Å². The maximum atomic E-state index is 10.5. The monoisotopic (exact) mass is 268 g/mol. The van der Waals surface area contributed by atoms with E-state index in [9.17, 15) is 10.1 Å². The van der Waals surface area contributed by atoms with E-state index in [-0.39, 0.29) is 16.0 Å². The van der Waals surface area contributed by atoms with Gasteiger partial charge in [0, 0.05) is 28.9 Å². The molecule has 0 radical (unpaired) electrons. The lowest BCUT2D eigenvalue weighted by Crippen LogP contribution is -2.16. The average Bonchev–Trinajstić information content (AvgIpc) is 2.97. The summed E-state index contributed by atoms with van der Waals surface area (Å²) in [6.07, 6.45) is 0. The lowest BCUT2D eigenvalue weighted by atomic mass is 10.2. The van der Waals surface area contributed by atoms with Gasteiger partial charge in [-0.1, -0.05) is 17.4 Å². The second kappa shape index (κ2) is 5.39. The van der Waals surface area contributed by atoms with E-state index in [2.05, 4.69) is 18.3 Å². The topological polar surface area (TPSA) is 55.2 Å². The molecule has 0 aliphatic rings. The van der Waals surface area contributed by atoms with E-state index in [0.29, 0.717) is 6.54 Å². The van der Waals surface area contributed by atoms with Gasteiger partial charge in [0.25, 0.3) is 0 Å². The highest BCUT2D eigenvalue weighted by molar-refractivity contribution is 7.13. The largest absolute Gasteiger partial charge is 0.324 e. The maximum absolute atomic E-state index is 10.5. The van der Waals surface area contributed by atoms with E-state index in [4.69, 9.17) is 0 Å². The molecule has 90 valence electrons. The van der Waals surface area contributed by atoms with Crippen LogP contribution >= 0.6 is 22.7 Å². The lowest BCUT2D eigenvalue weighted by molar-refractivity contribution is -0.380. The third-order valence-electron chi connectivity index (χ3n) is 2.40. The Balaban J connectivity index is 1.91. The zero-order chi connectivity index (χ0) is 12.3. The van der Waals surface area contributed by atoms with E-state index in [0.717, 1.165) is 5.56 Å². The van der Waals surface area contributed by atoms with Crippen LogP contribution in [-0.4, -0.2) is 4.92 Å². The Labute approximate surface area is 107 Å². The molecule has 0 bridgehead atoms. The Kier molecular flexibility index (Phi) is 3.88. The predicted molar refractivity (Wildman–Crippen MR) is 70.5 cm³/mol. The van der Waals surface area contributed by atoms with Crippen molar-refractivity contribution < 1.29 is 4.92 Å². The highest BCUT2D eigenvalue weighted by atomic mass is 32.1. The average molecular weight is 268 g/mol. The van der Waals surface area contributed by atoms with E-state index in [1.165, 1.54) is 16.2 Å². The molecule has 2 aromatic rings. The zero-order valence-electron chi connectivity index (χ0n) is 9.25. The van der Waals surface area contributed by atoms with Crippen molar-refractivity contribution in [1.82, 2.24) is 5.32 Å². The molecule has 0 aliphatic heterocycles. The predicted octanol–water partition coefficient (Wildman–Crippen LogP) is 3.57. The molecular formula is C11H12N2O2S2. The smallest absolute Gasteiger partial charge is 0.305 e. The third-order valence-corrected chi connectivity index (χ3v) is 4.39. The Morgan fingerprint density at radius 1 is 1.53 bits per heavy atom. The van der Waals surface area contributed by atoms with Gasteiger partial charge in [-0.05, 0) is 23.9 Å². The minimum Gasteiger partial charge on any atom is -0.305 e. The molecule has 2 heterocycles. The molecule has 0 amide bonds. The van der Waals surface area contributed by atoms with E-state index in [1.54, 1.807) is 17.4 Å². The van der Waals surface area contributed by atoms with Gasteiger partial charge in [0.2, 0.25) is 0 Å². The minimum absolute atomic E-state index is 0.200. The Morgan fingerprint density at radius 2 is 2.35 bits per heavy atom. The number of nitrogens with one attached hydrogen (secondary N) is 1. The molecule has 0 aliphatic carbocycles. The highest BCUT2D eigenvalue weighted by Crippen LogP contribution is 2.23. The molecule has 6 heteroatoms. The summed E-state index contributed by atoms with van der Waals surface area (Å²) in [7, 11) is 0. The standard InChI is InChI=1S/C11H12N2O2S2/c1-8(10-3-2-4-16-10)12-6-9-5-11(13(14)15)17-7-9/h2-5,7-8,12H,6H2,1H3/t8-/m0/s1. The second-order valence-electron chi connectivity index (χ2n) is 3.67. The van der Waals surface area contributed by atoms with Crippen molar-refractivity contribution in [3.05, 3.63) is 49.5 Å². The quantitative estimate of drug-likeness (QED) is 0.666. The Bertz CT molecular complexity index is 493. The summed E-state index contributed by atoms with van der Waals surface area (Å²) in [6, 6.07) is 6.00. The number of hydrogen-bond acceptors (Lipinski definition) is 5. The first-order chi connectivity index (χ1) is 8.16. The first-order valence-electron chi connectivity index (χ1n) is 5.15. The van der Waals surface area contributed by atoms with Gasteiger partial charge in [0.15, 0.2) is 0 Å². The molecule has 1 atom stereocenters. The van der Waals surface area contributed by atoms with Crippen LogP contribution in [0.2, 0.25) is 0 Å². The summed E-state index contributed by atoms with van der Waals surface area (Å²) in [5.74, 6) is 0. The summed E-state index contributed by atoms with van der Waals surface area (Å²) in [5.41, 5.74) is 0.963. The van der Waals surface area contributed by atoms with E-state index >= 15 is 0 Å². The van der Waals surface area contributed by atoms with Crippen molar-refractivity contribution in [1.29, 1.82) is 0 Å². The molecule has 2 aromatic heterocycles. The number of hydrogen-bond donors (Lipinski definition) is 1. The number of nitrogens with zero attached hydrogens (tertiary/aromatic N) is 1. The molecule has 2 rings (SSSR count). The lowest BCUT2D eigenvalue weighted by Gasteiger charge is -2.10. The minimum atomic E-state index is -0.350. The van der Waals surface area contributed by atoms with Crippen LogP contribution < -0.4 is 5.32 Å². The van der Waals surface area contributed by atoms with Crippen LogP contribution in [0, 0.1) is 10.1 Å². The SMILES string of the molecule is C[C@H](NCc1csc([N+](=O)[O-])c1)c1cccs1. The molecule has 4 nitrogen and oxygen atoms in total. The molecule has 0 spiro atoms. The second-order valence-corrected chi connectivity index (χ2v) is 5.54. The number of thiophene rings is 2. The van der Waals surface area contributed by atoms with Gasteiger partial charge in [-0.3, -0.25) is 10.1 Å². The summed E-state index contributed by atoms with van der Waals surface area (Å²) < 4.78 is 0. The normalized spacial score (nSPS) is 12.5. The molecular weight excluding hydrogens is 256 g/mol. The Morgan fingerprint density at radius 3 is 2.94 bits per heavy atom. The number of rotatable bonds is 5. The Hall–Kier alpha value is -1.24.